The molecule has 0 spiro atoms. The monoisotopic (exact) mass is 474 g/mol. The highest BCUT2D eigenvalue weighted by atomic mass is 35.5. The maximum atomic E-state index is 12.8. The minimum atomic E-state index is 0.0835. The summed E-state index contributed by atoms with van der Waals surface area (Å²) in [7, 11) is 1.90. The number of rotatable bonds is 8. The van der Waals surface area contributed by atoms with E-state index in [0.717, 1.165) is 28.7 Å². The average molecular weight is 475 g/mol. The lowest BCUT2D eigenvalue weighted by molar-refractivity contribution is -0.123. The number of halogens is 1. The van der Waals surface area contributed by atoms with Crippen LogP contribution in [0.5, 0.6) is 5.75 Å². The van der Waals surface area contributed by atoms with Crippen molar-refractivity contribution in [2.45, 2.75) is 63.3 Å². The van der Waals surface area contributed by atoms with Gasteiger partial charge in [0.15, 0.2) is 11.0 Å². The van der Waals surface area contributed by atoms with Gasteiger partial charge in [0.25, 0.3) is 0 Å². The van der Waals surface area contributed by atoms with Crippen molar-refractivity contribution in [1.82, 2.24) is 20.1 Å². The second-order valence-corrected chi connectivity index (χ2v) is 11.4. The number of carbonyl (C=O) groups excluding carboxylic acids is 1. The highest BCUT2D eigenvalue weighted by Gasteiger charge is 2.53. The Morgan fingerprint density at radius 2 is 1.81 bits per heavy atom. The molecule has 1 N–H and O–H groups in total. The quantitative estimate of drug-likeness (QED) is 0.553. The third-order valence-electron chi connectivity index (χ3n) is 7.82. The van der Waals surface area contributed by atoms with Crippen LogP contribution in [0, 0.1) is 23.2 Å². The number of nitrogens with zero attached hydrogens (tertiary/aromatic N) is 3. The van der Waals surface area contributed by atoms with Gasteiger partial charge in [0.2, 0.25) is 5.91 Å². The third-order valence-corrected chi connectivity index (χ3v) is 9.09. The molecule has 6 rings (SSSR count). The molecule has 32 heavy (non-hydrogen) atoms. The first-order valence-corrected chi connectivity index (χ1v) is 13.0. The van der Waals surface area contributed by atoms with Crippen LogP contribution in [0.25, 0.3) is 0 Å². The number of aromatic nitrogens is 3. The minimum Gasteiger partial charge on any atom is -0.486 e. The van der Waals surface area contributed by atoms with Gasteiger partial charge in [-0.1, -0.05) is 23.4 Å². The molecule has 1 heterocycles. The van der Waals surface area contributed by atoms with Crippen molar-refractivity contribution in [2.24, 2.45) is 30.2 Å². The number of thioether (sulfide) groups is 1. The second kappa shape index (κ2) is 8.90. The average Bonchev–Trinajstić information content (AvgIpc) is 3.10. The molecule has 1 atom stereocenters. The molecule has 4 aliphatic rings. The maximum Gasteiger partial charge on any atom is 0.230 e. The molecule has 8 heteroatoms. The second-order valence-electron chi connectivity index (χ2n) is 10.1. The number of amides is 1. The van der Waals surface area contributed by atoms with E-state index >= 15 is 0 Å². The molecule has 172 valence electrons. The van der Waals surface area contributed by atoms with Crippen molar-refractivity contribution in [3.8, 4) is 5.75 Å². The van der Waals surface area contributed by atoms with Crippen LogP contribution in [0.2, 0.25) is 5.02 Å². The van der Waals surface area contributed by atoms with Crippen molar-refractivity contribution in [2.75, 3.05) is 5.75 Å². The molecule has 1 unspecified atom stereocenters. The summed E-state index contributed by atoms with van der Waals surface area (Å²) in [6.45, 7) is 2.53. The van der Waals surface area contributed by atoms with Gasteiger partial charge in [-0.25, -0.2) is 0 Å². The lowest BCUT2D eigenvalue weighted by atomic mass is 9.48. The van der Waals surface area contributed by atoms with Gasteiger partial charge in [-0.15, -0.1) is 10.2 Å². The van der Waals surface area contributed by atoms with Gasteiger partial charge in [0, 0.05) is 18.1 Å². The van der Waals surface area contributed by atoms with Gasteiger partial charge in [-0.05, 0) is 92.9 Å². The summed E-state index contributed by atoms with van der Waals surface area (Å²) in [5.41, 5.74) is 0.325. The standard InChI is InChI=1S/C24H31ClN4O2S/c1-15(24-10-16-7-17(11-24)9-18(8-16)12-24)26-22(30)14-32-23-28-27-21(29(23)2)13-31-20-5-3-19(25)4-6-20/h3-6,15-18H,7-14H2,1-2H3,(H,26,30). The van der Waals surface area contributed by atoms with E-state index in [2.05, 4.69) is 22.4 Å². The van der Waals surface area contributed by atoms with Crippen LogP contribution in [-0.4, -0.2) is 32.5 Å². The first-order valence-electron chi connectivity index (χ1n) is 11.6. The van der Waals surface area contributed by atoms with Crippen LogP contribution >= 0.6 is 23.4 Å². The Kier molecular flexibility index (Phi) is 6.14. The van der Waals surface area contributed by atoms with E-state index in [9.17, 15) is 4.79 Å². The molecule has 4 aliphatic carbocycles. The van der Waals surface area contributed by atoms with Crippen LogP contribution in [0.3, 0.4) is 0 Å². The van der Waals surface area contributed by atoms with Gasteiger partial charge in [0.1, 0.15) is 12.4 Å². The third kappa shape index (κ3) is 4.51. The summed E-state index contributed by atoms with van der Waals surface area (Å²) in [5, 5.41) is 13.2. The normalized spacial score (nSPS) is 29.2. The lowest BCUT2D eigenvalue weighted by Crippen LogP contribution is -2.56. The summed E-state index contributed by atoms with van der Waals surface area (Å²) >= 11 is 7.33. The summed E-state index contributed by atoms with van der Waals surface area (Å²) in [6.07, 6.45) is 8.17. The van der Waals surface area contributed by atoms with Gasteiger partial charge >= 0.3 is 0 Å². The predicted octanol–water partition coefficient (Wildman–Crippen LogP) is 4.86. The van der Waals surface area contributed by atoms with E-state index in [4.69, 9.17) is 16.3 Å². The summed E-state index contributed by atoms with van der Waals surface area (Å²) in [4.78, 5) is 12.8. The SMILES string of the molecule is CC(NC(=O)CSc1nnc(COc2ccc(Cl)cc2)n1C)C12CC3CC(CC(C3)C1)C2. The van der Waals surface area contributed by atoms with E-state index in [1.54, 1.807) is 12.1 Å². The molecule has 1 amide bonds. The fraction of sp³-hybridized carbons (Fsp3) is 0.625. The predicted molar refractivity (Wildman–Crippen MR) is 126 cm³/mol. The smallest absolute Gasteiger partial charge is 0.230 e. The Balaban J connectivity index is 1.12. The molecule has 0 aliphatic heterocycles. The molecule has 1 aromatic heterocycles. The van der Waals surface area contributed by atoms with Crippen LogP contribution < -0.4 is 10.1 Å². The van der Waals surface area contributed by atoms with Crippen molar-refractivity contribution < 1.29 is 9.53 Å². The van der Waals surface area contributed by atoms with E-state index in [0.29, 0.717) is 28.6 Å². The molecule has 0 saturated heterocycles. The van der Waals surface area contributed by atoms with Gasteiger partial charge < -0.3 is 14.6 Å². The van der Waals surface area contributed by atoms with Crippen molar-refractivity contribution in [3.63, 3.8) is 0 Å². The van der Waals surface area contributed by atoms with E-state index in [1.807, 2.05) is 23.7 Å². The largest absolute Gasteiger partial charge is 0.486 e. The topological polar surface area (TPSA) is 69.0 Å². The Labute approximate surface area is 198 Å². The zero-order chi connectivity index (χ0) is 22.3. The van der Waals surface area contributed by atoms with Gasteiger partial charge in [0.05, 0.1) is 5.75 Å². The zero-order valence-corrected chi connectivity index (χ0v) is 20.3. The highest BCUT2D eigenvalue weighted by Crippen LogP contribution is 2.61. The molecule has 2 aromatic rings. The Hall–Kier alpha value is -1.73. The van der Waals surface area contributed by atoms with E-state index < -0.39 is 0 Å². The first kappa shape index (κ1) is 22.1. The summed E-state index contributed by atoms with van der Waals surface area (Å²) in [6, 6.07) is 7.47. The lowest BCUT2D eigenvalue weighted by Gasteiger charge is -2.59. The molecule has 6 nitrogen and oxygen atoms in total. The fourth-order valence-corrected chi connectivity index (χ4v) is 7.42. The van der Waals surface area contributed by atoms with Crippen LogP contribution in [-0.2, 0) is 18.4 Å². The summed E-state index contributed by atoms with van der Waals surface area (Å²) < 4.78 is 7.65. The molecular weight excluding hydrogens is 444 g/mol. The molecule has 0 radical (unpaired) electrons. The van der Waals surface area contributed by atoms with E-state index in [1.165, 1.54) is 50.3 Å². The Morgan fingerprint density at radius 3 is 2.44 bits per heavy atom. The number of carbonyl (C=O) groups is 1. The Bertz CT molecular complexity index is 942. The van der Waals surface area contributed by atoms with Crippen molar-refractivity contribution >= 4 is 29.3 Å². The van der Waals surface area contributed by atoms with Gasteiger partial charge in [-0.2, -0.15) is 0 Å². The maximum absolute atomic E-state index is 12.8. The first-order chi connectivity index (χ1) is 15.4. The molecular formula is C24H31ClN4O2S. The van der Waals surface area contributed by atoms with E-state index in [-0.39, 0.29) is 11.9 Å². The zero-order valence-electron chi connectivity index (χ0n) is 18.7. The number of hydrogen-bond donors (Lipinski definition) is 1. The minimum absolute atomic E-state index is 0.0835. The van der Waals surface area contributed by atoms with Gasteiger partial charge in [-0.3, -0.25) is 4.79 Å². The van der Waals surface area contributed by atoms with Crippen molar-refractivity contribution in [3.05, 3.63) is 35.1 Å². The molecule has 4 fully saturated rings. The molecule has 1 aromatic carbocycles. The van der Waals surface area contributed by atoms with Crippen LogP contribution in [0.4, 0.5) is 0 Å². The number of ether oxygens (including phenoxy) is 1. The van der Waals surface area contributed by atoms with Crippen LogP contribution in [0.15, 0.2) is 29.4 Å². The number of hydrogen-bond acceptors (Lipinski definition) is 5. The number of benzene rings is 1. The molecule has 4 saturated carbocycles. The fourth-order valence-electron chi connectivity index (χ4n) is 6.55. The number of nitrogens with one attached hydrogen (secondary N) is 1. The molecule has 4 bridgehead atoms. The van der Waals surface area contributed by atoms with Crippen LogP contribution in [0.1, 0.15) is 51.3 Å². The Morgan fingerprint density at radius 1 is 1.19 bits per heavy atom. The summed E-state index contributed by atoms with van der Waals surface area (Å²) in [5.74, 6) is 4.54. The highest BCUT2D eigenvalue weighted by molar-refractivity contribution is 7.99. The van der Waals surface area contributed by atoms with Crippen molar-refractivity contribution in [1.29, 1.82) is 0 Å².